The average Bonchev–Trinajstić information content (AvgIpc) is 1.73. The Balaban J connectivity index is 5.34. The zero-order valence-corrected chi connectivity index (χ0v) is 60.7. The van der Waals surface area contributed by atoms with Crippen LogP contribution in [0.15, 0.2) is 97.2 Å². The number of rotatable bonds is 68. The second-order valence-corrected chi connectivity index (χ2v) is 27.1. The lowest BCUT2D eigenvalue weighted by Gasteiger charge is -2.21. The molecule has 0 fully saturated rings. The van der Waals surface area contributed by atoms with E-state index in [0.29, 0.717) is 25.7 Å². The zero-order chi connectivity index (χ0) is 69.0. The molecule has 0 aliphatic heterocycles. The van der Waals surface area contributed by atoms with Crippen LogP contribution < -0.4 is 0 Å². The highest BCUT2D eigenvalue weighted by Gasteiger charge is 2.30. The molecule has 0 aliphatic carbocycles. The second-order valence-electron chi connectivity index (χ2n) is 24.2. The number of phosphoric acid groups is 2. The van der Waals surface area contributed by atoms with Crippen LogP contribution in [0.4, 0.5) is 0 Å². The number of phosphoric ester groups is 2. The molecule has 94 heavy (non-hydrogen) atoms. The number of carbonyl (C=O) groups is 4. The van der Waals surface area contributed by atoms with Gasteiger partial charge in [-0.1, -0.05) is 253 Å². The van der Waals surface area contributed by atoms with Gasteiger partial charge in [0, 0.05) is 25.7 Å². The van der Waals surface area contributed by atoms with E-state index in [2.05, 4.69) is 125 Å². The smallest absolute Gasteiger partial charge is 0.462 e. The summed E-state index contributed by atoms with van der Waals surface area (Å²) in [5, 5.41) is 10.6. The molecular weight excluding hydrogens is 1230 g/mol. The van der Waals surface area contributed by atoms with E-state index in [4.69, 9.17) is 37.0 Å². The Morgan fingerprint density at radius 1 is 0.309 bits per heavy atom. The van der Waals surface area contributed by atoms with Gasteiger partial charge in [0.1, 0.15) is 19.3 Å². The van der Waals surface area contributed by atoms with E-state index in [1.807, 2.05) is 0 Å². The number of aliphatic hydroxyl groups is 1. The Hall–Kier alpha value is -4.02. The van der Waals surface area contributed by atoms with Gasteiger partial charge in [-0.15, -0.1) is 0 Å². The van der Waals surface area contributed by atoms with Gasteiger partial charge in [-0.3, -0.25) is 37.3 Å². The molecule has 0 radical (unpaired) electrons. The summed E-state index contributed by atoms with van der Waals surface area (Å²) in [6.45, 7) is 4.58. The van der Waals surface area contributed by atoms with Gasteiger partial charge in [0.2, 0.25) is 0 Å². The fourth-order valence-electron chi connectivity index (χ4n) is 9.44. The number of allylic oxidation sites excluding steroid dienone is 16. The van der Waals surface area contributed by atoms with Crippen molar-refractivity contribution in [2.45, 2.75) is 316 Å². The number of aliphatic hydroxyl groups excluding tert-OH is 1. The first-order valence-electron chi connectivity index (χ1n) is 36.5. The molecule has 0 heterocycles. The number of hydrogen-bond acceptors (Lipinski definition) is 15. The van der Waals surface area contributed by atoms with E-state index in [1.165, 1.54) is 51.4 Å². The molecule has 5 unspecified atom stereocenters. The molecule has 0 saturated heterocycles. The van der Waals surface area contributed by atoms with Crippen LogP contribution in [0.3, 0.4) is 0 Å². The largest absolute Gasteiger partial charge is 0.472 e. The molecule has 0 rings (SSSR count). The summed E-state index contributed by atoms with van der Waals surface area (Å²) < 4.78 is 68.2. The van der Waals surface area contributed by atoms with Crippen molar-refractivity contribution in [2.75, 3.05) is 39.6 Å². The van der Waals surface area contributed by atoms with Crippen molar-refractivity contribution in [1.29, 1.82) is 0 Å². The van der Waals surface area contributed by atoms with Crippen LogP contribution in [0.1, 0.15) is 297 Å². The maximum atomic E-state index is 13.0. The number of esters is 4. The lowest BCUT2D eigenvalue weighted by Crippen LogP contribution is -2.30. The summed E-state index contributed by atoms with van der Waals surface area (Å²) in [7, 11) is -9.95. The standard InChI is InChI=1S/C75H130O17P2/c1-5-9-13-17-21-25-29-31-32-33-34-35-36-38-41-44-48-52-56-60-73(78)86-66-71(92-75(80)62-58-54-50-46-42-37-30-26-22-18-14-10-6-2)68-90-94(83,84)88-64-69(76)63-87-93(81,82)89-67-70(91-74(79)61-57-53-49-45-40-28-24-20-16-12-8-4)65-85-72(77)59-55-51-47-43-39-27-23-19-15-11-7-3/h9,13-14,18-19,21,23,25-26,30-32,34-35,38,41,69-71,76H,5-8,10-12,15-17,20,22,24,27-29,33,36-37,39-40,42-68H2,1-4H3,(H,81,82)(H,83,84)/b13-9-,18-14-,23-19-,25-21-,30-26-,32-31-,35-34-,41-38-. The zero-order valence-electron chi connectivity index (χ0n) is 58.9. The average molecular weight is 1370 g/mol. The van der Waals surface area contributed by atoms with Crippen molar-refractivity contribution in [3.05, 3.63) is 97.2 Å². The van der Waals surface area contributed by atoms with Gasteiger partial charge in [0.05, 0.1) is 26.4 Å². The molecule has 0 bridgehead atoms. The first kappa shape index (κ1) is 90.0. The van der Waals surface area contributed by atoms with E-state index in [0.717, 1.165) is 167 Å². The van der Waals surface area contributed by atoms with Crippen LogP contribution >= 0.6 is 15.6 Å². The van der Waals surface area contributed by atoms with Gasteiger partial charge < -0.3 is 33.8 Å². The van der Waals surface area contributed by atoms with Crippen molar-refractivity contribution in [3.8, 4) is 0 Å². The van der Waals surface area contributed by atoms with Crippen LogP contribution in [0.2, 0.25) is 0 Å². The highest BCUT2D eigenvalue weighted by Crippen LogP contribution is 2.45. The van der Waals surface area contributed by atoms with Gasteiger partial charge in [-0.05, 0) is 116 Å². The highest BCUT2D eigenvalue weighted by molar-refractivity contribution is 7.47. The fraction of sp³-hybridized carbons (Fsp3) is 0.733. The molecule has 17 nitrogen and oxygen atoms in total. The lowest BCUT2D eigenvalue weighted by atomic mass is 10.1. The summed E-state index contributed by atoms with van der Waals surface area (Å²) in [5.41, 5.74) is 0. The van der Waals surface area contributed by atoms with Crippen LogP contribution in [-0.2, 0) is 65.4 Å². The quantitative estimate of drug-likeness (QED) is 0.0169. The van der Waals surface area contributed by atoms with Crippen molar-refractivity contribution < 1.29 is 80.2 Å². The normalized spacial score (nSPS) is 14.6. The van der Waals surface area contributed by atoms with E-state index >= 15 is 0 Å². The molecule has 542 valence electrons. The summed E-state index contributed by atoms with van der Waals surface area (Å²) in [4.78, 5) is 72.6. The minimum Gasteiger partial charge on any atom is -0.462 e. The minimum atomic E-state index is -4.98. The summed E-state index contributed by atoms with van der Waals surface area (Å²) in [6, 6.07) is 0. The molecule has 0 saturated carbocycles. The number of ether oxygens (including phenoxy) is 4. The van der Waals surface area contributed by atoms with Gasteiger partial charge in [-0.25, -0.2) is 9.13 Å². The topological polar surface area (TPSA) is 237 Å². The molecule has 0 aromatic carbocycles. The molecule has 3 N–H and O–H groups in total. The van der Waals surface area contributed by atoms with Gasteiger partial charge in [-0.2, -0.15) is 0 Å². The first-order chi connectivity index (χ1) is 45.7. The third-order valence-corrected chi connectivity index (χ3v) is 16.9. The predicted octanol–water partition coefficient (Wildman–Crippen LogP) is 20.4. The Morgan fingerprint density at radius 3 is 0.947 bits per heavy atom. The minimum absolute atomic E-state index is 0.0706. The fourth-order valence-corrected chi connectivity index (χ4v) is 11.0. The van der Waals surface area contributed by atoms with Crippen molar-refractivity contribution in [1.82, 2.24) is 0 Å². The Bertz CT molecular complexity index is 2170. The molecular formula is C75H130O17P2. The molecule has 0 spiro atoms. The first-order valence-corrected chi connectivity index (χ1v) is 39.5. The van der Waals surface area contributed by atoms with E-state index < -0.39 is 97.5 Å². The van der Waals surface area contributed by atoms with E-state index in [9.17, 15) is 43.2 Å². The number of unbranched alkanes of at least 4 members (excludes halogenated alkanes) is 26. The summed E-state index contributed by atoms with van der Waals surface area (Å²) in [5.74, 6) is -2.23. The highest BCUT2D eigenvalue weighted by atomic mass is 31.2. The maximum absolute atomic E-state index is 13.0. The number of carbonyl (C=O) groups excluding carboxylic acids is 4. The molecule has 0 amide bonds. The van der Waals surface area contributed by atoms with E-state index in [1.54, 1.807) is 0 Å². The second kappa shape index (κ2) is 67.5. The SMILES string of the molecule is CC/C=C\C/C=C\C/C=C\C/C=C\C/C=C\CCCCCC(=O)OCC(COP(=O)(O)OCC(O)COP(=O)(O)OCC(COC(=O)CCCCCCC/C=C\CCCC)OC(=O)CCCCCCCCCCCCC)OC(=O)CCCCCCC/C=C\C/C=C\CCC. The summed E-state index contributed by atoms with van der Waals surface area (Å²) in [6.07, 6.45) is 68.5. The molecule has 19 heteroatoms. The Morgan fingerprint density at radius 2 is 0.585 bits per heavy atom. The number of hydrogen-bond donors (Lipinski definition) is 3. The predicted molar refractivity (Wildman–Crippen MR) is 381 cm³/mol. The van der Waals surface area contributed by atoms with Crippen LogP contribution in [0.25, 0.3) is 0 Å². The third-order valence-electron chi connectivity index (χ3n) is 15.0. The van der Waals surface area contributed by atoms with Crippen molar-refractivity contribution in [3.63, 3.8) is 0 Å². The monoisotopic (exact) mass is 1360 g/mol. The Labute approximate surface area is 569 Å². The molecule has 0 aromatic rings. The van der Waals surface area contributed by atoms with Crippen molar-refractivity contribution in [2.24, 2.45) is 0 Å². The summed E-state index contributed by atoms with van der Waals surface area (Å²) >= 11 is 0. The van der Waals surface area contributed by atoms with E-state index in [-0.39, 0.29) is 25.7 Å². The third kappa shape index (κ3) is 66.6. The Kier molecular flexibility index (Phi) is 64.7. The molecule has 5 atom stereocenters. The van der Waals surface area contributed by atoms with Gasteiger partial charge >= 0.3 is 39.5 Å². The van der Waals surface area contributed by atoms with Crippen LogP contribution in [0, 0.1) is 0 Å². The van der Waals surface area contributed by atoms with Crippen LogP contribution in [-0.4, -0.2) is 96.7 Å². The van der Waals surface area contributed by atoms with Gasteiger partial charge in [0.15, 0.2) is 12.2 Å². The van der Waals surface area contributed by atoms with Crippen LogP contribution in [0.5, 0.6) is 0 Å². The maximum Gasteiger partial charge on any atom is 0.472 e. The van der Waals surface area contributed by atoms with Gasteiger partial charge in [0.25, 0.3) is 0 Å². The molecule has 0 aliphatic rings. The lowest BCUT2D eigenvalue weighted by molar-refractivity contribution is -0.161. The van der Waals surface area contributed by atoms with Crippen molar-refractivity contribution >= 4 is 39.5 Å². The molecule has 0 aromatic heterocycles.